The summed E-state index contributed by atoms with van der Waals surface area (Å²) in [7, 11) is -3.41. The van der Waals surface area contributed by atoms with Crippen molar-refractivity contribution in [3.63, 3.8) is 0 Å². The minimum Gasteiger partial charge on any atom is -0.481 e. The number of rotatable bonds is 12. The van der Waals surface area contributed by atoms with E-state index < -0.39 is 15.8 Å². The number of thiophene rings is 1. The van der Waals surface area contributed by atoms with Crippen molar-refractivity contribution in [1.29, 1.82) is 0 Å². The maximum atomic E-state index is 13.5. The van der Waals surface area contributed by atoms with Crippen molar-refractivity contribution in [3.05, 3.63) is 58.9 Å². The molecule has 2 aromatic carbocycles. The molecule has 5 nitrogen and oxygen atoms in total. The van der Waals surface area contributed by atoms with E-state index in [2.05, 4.69) is 11.4 Å². The number of hydrogen-bond donors (Lipinski definition) is 2. The maximum absolute atomic E-state index is 13.5. The molecule has 0 saturated heterocycles. The van der Waals surface area contributed by atoms with Gasteiger partial charge in [-0.05, 0) is 85.6 Å². The second kappa shape index (κ2) is 11.5. The first-order chi connectivity index (χ1) is 15.7. The Bertz CT molecular complexity index is 1240. The zero-order valence-electron chi connectivity index (χ0n) is 18.7. The van der Waals surface area contributed by atoms with Gasteiger partial charge in [0.2, 0.25) is 0 Å². The van der Waals surface area contributed by atoms with Crippen molar-refractivity contribution in [2.75, 3.05) is 24.6 Å². The number of carboxylic acids is 1. The molecule has 33 heavy (non-hydrogen) atoms. The standard InChI is InChI=1S/C24H28FNO4S3/c1-16-14-20(7-4-18(16)5-9-23(27)28)31-12-11-26-10-3-13-33(29,30)24-17(2)21-15-19(25)6-8-22(21)32-24/h4,6-8,14-15,26H,3,5,9-13H2,1-2H3,(H,27,28). The van der Waals surface area contributed by atoms with Gasteiger partial charge in [0.1, 0.15) is 10.0 Å². The van der Waals surface area contributed by atoms with Crippen LogP contribution in [0.2, 0.25) is 0 Å². The van der Waals surface area contributed by atoms with E-state index in [1.807, 2.05) is 19.1 Å². The van der Waals surface area contributed by atoms with Gasteiger partial charge in [-0.1, -0.05) is 6.07 Å². The van der Waals surface area contributed by atoms with Crippen molar-refractivity contribution in [2.24, 2.45) is 0 Å². The summed E-state index contributed by atoms with van der Waals surface area (Å²) in [5.74, 6) is -0.248. The zero-order chi connectivity index (χ0) is 24.0. The second-order valence-corrected chi connectivity index (χ2v) is 12.4. The fraction of sp³-hybridized carbons (Fsp3) is 0.375. The number of aryl methyl sites for hydroxylation is 3. The molecule has 0 fully saturated rings. The Labute approximate surface area is 202 Å². The molecule has 0 spiro atoms. The number of carboxylic acid groups (broad SMARTS) is 1. The lowest BCUT2D eigenvalue weighted by Gasteiger charge is -2.09. The summed E-state index contributed by atoms with van der Waals surface area (Å²) in [6.45, 7) is 5.09. The van der Waals surface area contributed by atoms with Crippen LogP contribution in [0.5, 0.6) is 0 Å². The lowest BCUT2D eigenvalue weighted by molar-refractivity contribution is -0.136. The molecule has 3 rings (SSSR count). The molecule has 9 heteroatoms. The van der Waals surface area contributed by atoms with Gasteiger partial charge in [-0.3, -0.25) is 4.79 Å². The lowest BCUT2D eigenvalue weighted by atomic mass is 10.0. The van der Waals surface area contributed by atoms with Gasteiger partial charge in [-0.15, -0.1) is 23.1 Å². The zero-order valence-corrected chi connectivity index (χ0v) is 21.1. The third kappa shape index (κ3) is 7.02. The number of sulfone groups is 1. The molecule has 3 aromatic rings. The van der Waals surface area contributed by atoms with Crippen LogP contribution in [0.4, 0.5) is 4.39 Å². The van der Waals surface area contributed by atoms with Gasteiger partial charge < -0.3 is 10.4 Å². The molecule has 0 aliphatic heterocycles. The molecule has 0 aliphatic rings. The molecule has 0 unspecified atom stereocenters. The van der Waals surface area contributed by atoms with Crippen LogP contribution in [0.25, 0.3) is 10.1 Å². The van der Waals surface area contributed by atoms with E-state index in [-0.39, 0.29) is 18.0 Å². The van der Waals surface area contributed by atoms with Crippen molar-refractivity contribution >= 4 is 49.0 Å². The van der Waals surface area contributed by atoms with E-state index >= 15 is 0 Å². The minimum absolute atomic E-state index is 0.0558. The molecule has 0 saturated carbocycles. The molecule has 0 radical (unpaired) electrons. The normalized spacial score (nSPS) is 11.8. The van der Waals surface area contributed by atoms with Crippen molar-refractivity contribution in [1.82, 2.24) is 5.32 Å². The molecule has 0 atom stereocenters. The van der Waals surface area contributed by atoms with E-state index in [1.54, 1.807) is 24.8 Å². The Morgan fingerprint density at radius 1 is 1.15 bits per heavy atom. The topological polar surface area (TPSA) is 83.5 Å². The lowest BCUT2D eigenvalue weighted by Crippen LogP contribution is -2.21. The van der Waals surface area contributed by atoms with Crippen LogP contribution >= 0.6 is 23.1 Å². The summed E-state index contributed by atoms with van der Waals surface area (Å²) in [6.07, 6.45) is 1.18. The van der Waals surface area contributed by atoms with Gasteiger partial charge in [0.15, 0.2) is 9.84 Å². The first-order valence-electron chi connectivity index (χ1n) is 10.7. The summed E-state index contributed by atoms with van der Waals surface area (Å²) in [5.41, 5.74) is 2.78. The Hall–Kier alpha value is -1.94. The number of fused-ring (bicyclic) bond motifs is 1. The molecule has 2 N–H and O–H groups in total. The van der Waals surface area contributed by atoms with Crippen LogP contribution in [-0.4, -0.2) is 44.1 Å². The Morgan fingerprint density at radius 3 is 2.67 bits per heavy atom. The molecule has 1 heterocycles. The van der Waals surface area contributed by atoms with E-state index in [0.717, 1.165) is 33.0 Å². The molecule has 1 aromatic heterocycles. The number of benzene rings is 2. The third-order valence-corrected chi connectivity index (χ3v) is 10.1. The molecule has 0 amide bonds. The summed E-state index contributed by atoms with van der Waals surface area (Å²) in [5, 5.41) is 12.8. The summed E-state index contributed by atoms with van der Waals surface area (Å²) in [4.78, 5) is 11.9. The highest BCUT2D eigenvalue weighted by Crippen LogP contribution is 2.35. The minimum atomic E-state index is -3.41. The Kier molecular flexibility index (Phi) is 8.92. The summed E-state index contributed by atoms with van der Waals surface area (Å²) < 4.78 is 40.2. The van der Waals surface area contributed by atoms with Gasteiger partial charge in [0.05, 0.1) is 5.75 Å². The van der Waals surface area contributed by atoms with Crippen molar-refractivity contribution < 1.29 is 22.7 Å². The largest absolute Gasteiger partial charge is 0.481 e. The monoisotopic (exact) mass is 509 g/mol. The summed E-state index contributed by atoms with van der Waals surface area (Å²) in [6, 6.07) is 10.5. The van der Waals surface area contributed by atoms with Crippen molar-refractivity contribution in [2.45, 2.75) is 42.2 Å². The smallest absolute Gasteiger partial charge is 0.303 e. The number of nitrogens with one attached hydrogen (secondary N) is 1. The first kappa shape index (κ1) is 25.7. The predicted molar refractivity (Wildman–Crippen MR) is 134 cm³/mol. The van der Waals surface area contributed by atoms with E-state index in [0.29, 0.717) is 34.5 Å². The molecular formula is C24H28FNO4S3. The number of carbonyl (C=O) groups is 1. The predicted octanol–water partition coefficient (Wildman–Crippen LogP) is 5.22. The fourth-order valence-electron chi connectivity index (χ4n) is 3.59. The SMILES string of the molecule is Cc1cc(SCCNCCCS(=O)(=O)c2sc3ccc(F)cc3c2C)ccc1CCC(=O)O. The number of aliphatic carboxylic acids is 1. The average Bonchev–Trinajstić information content (AvgIpc) is 3.09. The van der Waals surface area contributed by atoms with Gasteiger partial charge in [-0.2, -0.15) is 0 Å². The molecular weight excluding hydrogens is 481 g/mol. The van der Waals surface area contributed by atoms with E-state index in [9.17, 15) is 17.6 Å². The van der Waals surface area contributed by atoms with Gasteiger partial charge in [0, 0.05) is 28.3 Å². The van der Waals surface area contributed by atoms with Gasteiger partial charge >= 0.3 is 5.97 Å². The molecule has 0 bridgehead atoms. The Balaban J connectivity index is 1.41. The van der Waals surface area contributed by atoms with Crippen LogP contribution in [0, 0.1) is 19.7 Å². The highest BCUT2D eigenvalue weighted by atomic mass is 32.2. The van der Waals surface area contributed by atoms with Crippen LogP contribution < -0.4 is 5.32 Å². The van der Waals surface area contributed by atoms with E-state index in [1.165, 1.54) is 23.5 Å². The van der Waals surface area contributed by atoms with Crippen LogP contribution in [0.3, 0.4) is 0 Å². The number of hydrogen-bond acceptors (Lipinski definition) is 6. The quantitative estimate of drug-likeness (QED) is 0.257. The molecule has 0 aliphatic carbocycles. The summed E-state index contributed by atoms with van der Waals surface area (Å²) >= 11 is 2.92. The highest BCUT2D eigenvalue weighted by molar-refractivity contribution is 7.99. The fourth-order valence-corrected chi connectivity index (χ4v) is 7.73. The van der Waals surface area contributed by atoms with Crippen LogP contribution in [0.1, 0.15) is 29.5 Å². The van der Waals surface area contributed by atoms with E-state index in [4.69, 9.17) is 5.11 Å². The average molecular weight is 510 g/mol. The Morgan fingerprint density at radius 2 is 1.94 bits per heavy atom. The highest BCUT2D eigenvalue weighted by Gasteiger charge is 2.21. The number of halogens is 1. The maximum Gasteiger partial charge on any atom is 0.303 e. The van der Waals surface area contributed by atoms with Gasteiger partial charge in [-0.25, -0.2) is 12.8 Å². The van der Waals surface area contributed by atoms with Crippen molar-refractivity contribution in [3.8, 4) is 0 Å². The number of thioether (sulfide) groups is 1. The molecule has 178 valence electrons. The van der Waals surface area contributed by atoms with Crippen LogP contribution in [-0.2, 0) is 21.1 Å². The first-order valence-corrected chi connectivity index (χ1v) is 14.2. The van der Waals surface area contributed by atoms with Crippen LogP contribution in [0.15, 0.2) is 45.5 Å². The second-order valence-electron chi connectivity index (χ2n) is 7.91. The third-order valence-electron chi connectivity index (χ3n) is 5.37. The van der Waals surface area contributed by atoms with Gasteiger partial charge in [0.25, 0.3) is 0 Å².